The highest BCUT2D eigenvalue weighted by Crippen LogP contribution is 2.21. The zero-order valence-electron chi connectivity index (χ0n) is 7.09. The van der Waals surface area contributed by atoms with Crippen molar-refractivity contribution >= 4 is 0 Å². The molecule has 0 amide bonds. The van der Waals surface area contributed by atoms with Gasteiger partial charge in [-0.3, -0.25) is 0 Å². The molecular formula is C10H18. The standard InChI is InChI=1S/C10H16.H2/c1-8(2)10-6-4-5-9(3)7-10;/h4,6-9H,5H2,1-3H3;1H. The molecule has 1 unspecified atom stereocenters. The quantitative estimate of drug-likeness (QED) is 0.521. The summed E-state index contributed by atoms with van der Waals surface area (Å²) in [7, 11) is 0. The van der Waals surface area contributed by atoms with Gasteiger partial charge < -0.3 is 0 Å². The fourth-order valence-electron chi connectivity index (χ4n) is 1.26. The fourth-order valence-corrected chi connectivity index (χ4v) is 1.26. The molecule has 0 radical (unpaired) electrons. The Bertz CT molecular complexity index is 166. The molecular weight excluding hydrogens is 120 g/mol. The highest BCUT2D eigenvalue weighted by Gasteiger charge is 2.05. The molecule has 0 aromatic rings. The largest absolute Gasteiger partial charge is 0.0837 e. The third-order valence-electron chi connectivity index (χ3n) is 1.96. The Morgan fingerprint density at radius 1 is 1.60 bits per heavy atom. The van der Waals surface area contributed by atoms with Gasteiger partial charge in [0.2, 0.25) is 0 Å². The molecule has 1 rings (SSSR count). The van der Waals surface area contributed by atoms with Crippen molar-refractivity contribution in [1.29, 1.82) is 0 Å². The topological polar surface area (TPSA) is 0 Å². The summed E-state index contributed by atoms with van der Waals surface area (Å²) in [6.45, 7) is 6.76. The van der Waals surface area contributed by atoms with Crippen LogP contribution in [0.25, 0.3) is 0 Å². The van der Waals surface area contributed by atoms with Crippen LogP contribution >= 0.6 is 0 Å². The van der Waals surface area contributed by atoms with Crippen LogP contribution in [0.4, 0.5) is 0 Å². The SMILES string of the molecule is CC1C=C(C(C)C)C=CC1.[HH]. The highest BCUT2D eigenvalue weighted by molar-refractivity contribution is 5.24. The highest BCUT2D eigenvalue weighted by atomic mass is 14.1. The first kappa shape index (κ1) is 7.59. The summed E-state index contributed by atoms with van der Waals surface area (Å²) < 4.78 is 0. The Morgan fingerprint density at radius 3 is 2.70 bits per heavy atom. The van der Waals surface area contributed by atoms with Crippen LogP contribution in [0.5, 0.6) is 0 Å². The second-order valence-electron chi connectivity index (χ2n) is 3.44. The molecule has 1 aliphatic rings. The van der Waals surface area contributed by atoms with Crippen molar-refractivity contribution in [3.8, 4) is 0 Å². The summed E-state index contributed by atoms with van der Waals surface area (Å²) in [5.74, 6) is 1.45. The van der Waals surface area contributed by atoms with Gasteiger partial charge in [0.25, 0.3) is 0 Å². The molecule has 0 nitrogen and oxygen atoms in total. The predicted octanol–water partition coefficient (Wildman–Crippen LogP) is 3.41. The van der Waals surface area contributed by atoms with Gasteiger partial charge in [0.1, 0.15) is 0 Å². The zero-order chi connectivity index (χ0) is 7.56. The van der Waals surface area contributed by atoms with Gasteiger partial charge in [-0.05, 0) is 23.8 Å². The maximum atomic E-state index is 2.38. The summed E-state index contributed by atoms with van der Waals surface area (Å²) in [5, 5.41) is 0. The van der Waals surface area contributed by atoms with Crippen LogP contribution in [0.2, 0.25) is 0 Å². The summed E-state index contributed by atoms with van der Waals surface area (Å²) in [6, 6.07) is 0. The second kappa shape index (κ2) is 3.05. The maximum Gasteiger partial charge on any atom is 0 e. The van der Waals surface area contributed by atoms with Crippen LogP contribution in [0.15, 0.2) is 23.8 Å². The smallest absolute Gasteiger partial charge is 0 e. The van der Waals surface area contributed by atoms with Crippen molar-refractivity contribution in [3.05, 3.63) is 23.8 Å². The van der Waals surface area contributed by atoms with E-state index >= 15 is 0 Å². The van der Waals surface area contributed by atoms with E-state index in [-0.39, 0.29) is 1.43 Å². The molecule has 10 heavy (non-hydrogen) atoms. The van der Waals surface area contributed by atoms with Gasteiger partial charge in [-0.1, -0.05) is 39.0 Å². The van der Waals surface area contributed by atoms with Gasteiger partial charge >= 0.3 is 0 Å². The van der Waals surface area contributed by atoms with Gasteiger partial charge in [-0.25, -0.2) is 0 Å². The minimum absolute atomic E-state index is 0. The van der Waals surface area contributed by atoms with E-state index in [0.717, 1.165) is 5.92 Å². The van der Waals surface area contributed by atoms with Crippen LogP contribution in [-0.4, -0.2) is 0 Å². The third kappa shape index (κ3) is 1.73. The molecule has 0 bridgehead atoms. The molecule has 0 saturated carbocycles. The molecule has 0 aromatic carbocycles. The van der Waals surface area contributed by atoms with Crippen LogP contribution < -0.4 is 0 Å². The van der Waals surface area contributed by atoms with Crippen molar-refractivity contribution in [2.75, 3.05) is 0 Å². The maximum absolute atomic E-state index is 2.38. The Balaban J connectivity index is 0.000001000. The summed E-state index contributed by atoms with van der Waals surface area (Å²) in [4.78, 5) is 0. The minimum Gasteiger partial charge on any atom is -0.0837 e. The number of rotatable bonds is 1. The lowest BCUT2D eigenvalue weighted by Gasteiger charge is -2.14. The fraction of sp³-hybridized carbons (Fsp3) is 0.600. The van der Waals surface area contributed by atoms with Gasteiger partial charge in [-0.2, -0.15) is 0 Å². The molecule has 0 spiro atoms. The molecule has 0 saturated heterocycles. The lowest BCUT2D eigenvalue weighted by atomic mass is 9.92. The minimum atomic E-state index is 0. The normalized spacial score (nSPS) is 25.2. The first-order valence-corrected chi connectivity index (χ1v) is 4.08. The number of hydrogen-bond donors (Lipinski definition) is 0. The molecule has 0 heteroatoms. The monoisotopic (exact) mass is 138 g/mol. The lowest BCUT2D eigenvalue weighted by Crippen LogP contribution is -1.99. The van der Waals surface area contributed by atoms with Gasteiger partial charge in [0.05, 0.1) is 0 Å². The van der Waals surface area contributed by atoms with Crippen molar-refractivity contribution in [1.82, 2.24) is 0 Å². The van der Waals surface area contributed by atoms with E-state index in [0.29, 0.717) is 5.92 Å². The molecule has 0 aliphatic heterocycles. The average molecular weight is 138 g/mol. The van der Waals surface area contributed by atoms with Gasteiger partial charge in [0.15, 0.2) is 0 Å². The summed E-state index contributed by atoms with van der Waals surface area (Å²) >= 11 is 0. The van der Waals surface area contributed by atoms with Crippen LogP contribution in [0, 0.1) is 11.8 Å². The Hall–Kier alpha value is -0.520. The van der Waals surface area contributed by atoms with Gasteiger partial charge in [-0.15, -0.1) is 0 Å². The van der Waals surface area contributed by atoms with Crippen LogP contribution in [0.3, 0.4) is 0 Å². The van der Waals surface area contributed by atoms with Crippen molar-refractivity contribution in [3.63, 3.8) is 0 Å². The first-order chi connectivity index (χ1) is 4.70. The average Bonchev–Trinajstić information content (AvgIpc) is 1.88. The van der Waals surface area contributed by atoms with Crippen LogP contribution in [0.1, 0.15) is 28.6 Å². The van der Waals surface area contributed by atoms with E-state index in [4.69, 9.17) is 0 Å². The Morgan fingerprint density at radius 2 is 2.30 bits per heavy atom. The van der Waals surface area contributed by atoms with E-state index in [9.17, 15) is 0 Å². The van der Waals surface area contributed by atoms with Crippen molar-refractivity contribution in [2.45, 2.75) is 27.2 Å². The molecule has 0 fully saturated rings. The van der Waals surface area contributed by atoms with Crippen molar-refractivity contribution < 1.29 is 1.43 Å². The molecule has 0 N–H and O–H groups in total. The van der Waals surface area contributed by atoms with E-state index in [1.54, 1.807) is 0 Å². The second-order valence-corrected chi connectivity index (χ2v) is 3.44. The predicted molar refractivity (Wildman–Crippen MR) is 48.0 cm³/mol. The molecule has 58 valence electrons. The Kier molecular flexibility index (Phi) is 2.31. The zero-order valence-corrected chi connectivity index (χ0v) is 7.09. The molecule has 1 atom stereocenters. The first-order valence-electron chi connectivity index (χ1n) is 4.08. The number of hydrogen-bond acceptors (Lipinski definition) is 0. The number of allylic oxidation sites excluding steroid dienone is 4. The summed E-state index contributed by atoms with van der Waals surface area (Å²) in [6.07, 6.45) is 8.13. The van der Waals surface area contributed by atoms with E-state index in [1.165, 1.54) is 12.0 Å². The van der Waals surface area contributed by atoms with Crippen molar-refractivity contribution in [2.24, 2.45) is 11.8 Å². The molecule has 1 aliphatic carbocycles. The van der Waals surface area contributed by atoms with Gasteiger partial charge in [0, 0.05) is 1.43 Å². The van der Waals surface area contributed by atoms with Crippen LogP contribution in [-0.2, 0) is 0 Å². The van der Waals surface area contributed by atoms with E-state index in [1.807, 2.05) is 0 Å². The summed E-state index contributed by atoms with van der Waals surface area (Å²) in [5.41, 5.74) is 1.50. The third-order valence-corrected chi connectivity index (χ3v) is 1.96. The Labute approximate surface area is 65.1 Å². The molecule has 0 aromatic heterocycles. The lowest BCUT2D eigenvalue weighted by molar-refractivity contribution is 0.690. The molecule has 0 heterocycles. The van der Waals surface area contributed by atoms with E-state index in [2.05, 4.69) is 39.0 Å². The van der Waals surface area contributed by atoms with E-state index < -0.39 is 0 Å².